The average Bonchev–Trinajstić information content (AvgIpc) is 2.30. The van der Waals surface area contributed by atoms with E-state index < -0.39 is 12.1 Å². The molecule has 0 heterocycles. The summed E-state index contributed by atoms with van der Waals surface area (Å²) in [6.45, 7) is 0. The van der Waals surface area contributed by atoms with E-state index >= 15 is 0 Å². The Labute approximate surface area is 89.3 Å². The van der Waals surface area contributed by atoms with Gasteiger partial charge in [0.2, 0.25) is 0 Å². The van der Waals surface area contributed by atoms with Crippen molar-refractivity contribution in [1.82, 2.24) is 0 Å². The summed E-state index contributed by atoms with van der Waals surface area (Å²) in [7, 11) is 0. The lowest BCUT2D eigenvalue weighted by Gasteiger charge is -2.23. The molecule has 2 unspecified atom stereocenters. The number of hydrogen-bond acceptors (Lipinski definition) is 1. The molecule has 1 aliphatic rings. The van der Waals surface area contributed by atoms with Gasteiger partial charge in [-0.3, -0.25) is 4.79 Å². The third kappa shape index (κ3) is 2.25. The topological polar surface area (TPSA) is 17.1 Å². The Hall–Kier alpha value is -1.18. The molecule has 0 radical (unpaired) electrons. The summed E-state index contributed by atoms with van der Waals surface area (Å²) in [4.78, 5) is 11.6. The second kappa shape index (κ2) is 4.56. The molecule has 2 heteroatoms. The van der Waals surface area contributed by atoms with Gasteiger partial charge in [-0.05, 0) is 18.4 Å². The van der Waals surface area contributed by atoms with Gasteiger partial charge in [-0.2, -0.15) is 0 Å². The predicted octanol–water partition coefficient (Wildman–Crippen LogP) is 3.46. The minimum atomic E-state index is -1.11. The Morgan fingerprint density at radius 2 is 1.93 bits per heavy atom. The maximum absolute atomic E-state index is 14.1. The van der Waals surface area contributed by atoms with Gasteiger partial charge in [-0.1, -0.05) is 36.8 Å². The van der Waals surface area contributed by atoms with Crippen molar-refractivity contribution in [3.8, 4) is 0 Å². The summed E-state index contributed by atoms with van der Waals surface area (Å²) in [5.41, 5.74) is 0.637. The number of alkyl halides is 1. The Morgan fingerprint density at radius 1 is 1.20 bits per heavy atom. The molecule has 0 saturated heterocycles. The fourth-order valence-electron chi connectivity index (χ4n) is 2.19. The van der Waals surface area contributed by atoms with Crippen LogP contribution in [0.4, 0.5) is 4.39 Å². The number of ketones is 1. The number of benzene rings is 1. The molecule has 1 fully saturated rings. The molecular weight excluding hydrogens is 191 g/mol. The molecule has 1 saturated carbocycles. The van der Waals surface area contributed by atoms with Gasteiger partial charge in [0.1, 0.15) is 12.0 Å². The molecule has 0 bridgehead atoms. The van der Waals surface area contributed by atoms with Crippen LogP contribution >= 0.6 is 0 Å². The van der Waals surface area contributed by atoms with Gasteiger partial charge in [0.05, 0.1) is 5.92 Å². The average molecular weight is 206 g/mol. The summed E-state index contributed by atoms with van der Waals surface area (Å²) in [6.07, 6.45) is 2.05. The number of Topliss-reactive ketones (excluding diaryl/α,β-unsaturated/α-hetero) is 1. The molecule has 1 aliphatic carbocycles. The largest absolute Gasteiger partial charge is 0.299 e. The van der Waals surface area contributed by atoms with Gasteiger partial charge in [0.15, 0.2) is 0 Å². The van der Waals surface area contributed by atoms with Crippen LogP contribution in [0.1, 0.15) is 37.4 Å². The first kappa shape index (κ1) is 10.3. The monoisotopic (exact) mass is 206 g/mol. The molecule has 0 spiro atoms. The molecule has 0 aromatic heterocycles. The zero-order valence-corrected chi connectivity index (χ0v) is 8.66. The fraction of sp³-hybridized carbons (Fsp3) is 0.462. The van der Waals surface area contributed by atoms with Crippen molar-refractivity contribution in [2.45, 2.75) is 31.9 Å². The van der Waals surface area contributed by atoms with Crippen molar-refractivity contribution in [2.24, 2.45) is 5.92 Å². The highest BCUT2D eigenvalue weighted by molar-refractivity contribution is 5.82. The van der Waals surface area contributed by atoms with E-state index in [1.165, 1.54) is 0 Å². The fourth-order valence-corrected chi connectivity index (χ4v) is 2.19. The molecular formula is C13H15FO. The predicted molar refractivity (Wildman–Crippen MR) is 57.3 cm³/mol. The van der Waals surface area contributed by atoms with Crippen LogP contribution in [0.3, 0.4) is 0 Å². The summed E-state index contributed by atoms with van der Waals surface area (Å²) >= 11 is 0. The van der Waals surface area contributed by atoms with Crippen LogP contribution in [0.15, 0.2) is 30.3 Å². The van der Waals surface area contributed by atoms with Crippen LogP contribution in [0.5, 0.6) is 0 Å². The quantitative estimate of drug-likeness (QED) is 0.724. The lowest BCUT2D eigenvalue weighted by molar-refractivity contribution is -0.126. The van der Waals surface area contributed by atoms with Gasteiger partial charge in [0, 0.05) is 6.42 Å². The summed E-state index contributed by atoms with van der Waals surface area (Å²) in [5, 5.41) is 0. The van der Waals surface area contributed by atoms with Crippen LogP contribution in [-0.2, 0) is 4.79 Å². The van der Waals surface area contributed by atoms with Gasteiger partial charge in [-0.25, -0.2) is 4.39 Å². The molecule has 0 N–H and O–H groups in total. The van der Waals surface area contributed by atoms with Crippen molar-refractivity contribution in [2.75, 3.05) is 0 Å². The normalized spacial score (nSPS) is 23.8. The van der Waals surface area contributed by atoms with E-state index in [1.807, 2.05) is 18.2 Å². The Balaban J connectivity index is 2.13. The molecule has 1 aromatic rings. The van der Waals surface area contributed by atoms with E-state index in [4.69, 9.17) is 0 Å². The highest BCUT2D eigenvalue weighted by Crippen LogP contribution is 2.34. The summed E-state index contributed by atoms with van der Waals surface area (Å²) in [5.74, 6) is -0.307. The van der Waals surface area contributed by atoms with Crippen LogP contribution in [0.2, 0.25) is 0 Å². The molecule has 1 nitrogen and oxygen atoms in total. The Morgan fingerprint density at radius 3 is 2.60 bits per heavy atom. The highest BCUT2D eigenvalue weighted by atomic mass is 19.1. The van der Waals surface area contributed by atoms with Crippen molar-refractivity contribution >= 4 is 5.78 Å². The van der Waals surface area contributed by atoms with Gasteiger partial charge >= 0.3 is 0 Å². The lowest BCUT2D eigenvalue weighted by Crippen LogP contribution is -2.23. The maximum Gasteiger partial charge on any atom is 0.139 e. The van der Waals surface area contributed by atoms with Crippen molar-refractivity contribution < 1.29 is 9.18 Å². The summed E-state index contributed by atoms with van der Waals surface area (Å²) in [6, 6.07) is 9.00. The third-order valence-electron chi connectivity index (χ3n) is 3.07. The van der Waals surface area contributed by atoms with Gasteiger partial charge < -0.3 is 0 Å². The maximum atomic E-state index is 14.1. The third-order valence-corrected chi connectivity index (χ3v) is 3.07. The van der Waals surface area contributed by atoms with E-state index in [0.29, 0.717) is 18.4 Å². The van der Waals surface area contributed by atoms with E-state index in [0.717, 1.165) is 12.8 Å². The Bertz CT molecular complexity index is 334. The van der Waals surface area contributed by atoms with Crippen molar-refractivity contribution in [1.29, 1.82) is 0 Å². The minimum absolute atomic E-state index is 0.0950. The molecule has 1 aromatic carbocycles. The lowest BCUT2D eigenvalue weighted by atomic mass is 9.82. The molecule has 2 rings (SSSR count). The highest BCUT2D eigenvalue weighted by Gasteiger charge is 2.30. The number of rotatable bonds is 2. The second-order valence-corrected chi connectivity index (χ2v) is 4.13. The molecule has 2 atom stereocenters. The molecule has 80 valence electrons. The van der Waals surface area contributed by atoms with E-state index in [9.17, 15) is 9.18 Å². The smallest absolute Gasteiger partial charge is 0.139 e. The minimum Gasteiger partial charge on any atom is -0.299 e. The molecule has 15 heavy (non-hydrogen) atoms. The molecule has 0 aliphatic heterocycles. The van der Waals surface area contributed by atoms with Crippen LogP contribution in [0, 0.1) is 5.92 Å². The number of carbonyl (C=O) groups is 1. The number of halogens is 1. The van der Waals surface area contributed by atoms with E-state index in [1.54, 1.807) is 12.1 Å². The van der Waals surface area contributed by atoms with Crippen molar-refractivity contribution in [3.05, 3.63) is 35.9 Å². The van der Waals surface area contributed by atoms with E-state index in [2.05, 4.69) is 0 Å². The number of carbonyl (C=O) groups excluding carboxylic acids is 1. The first-order valence-electron chi connectivity index (χ1n) is 5.51. The van der Waals surface area contributed by atoms with Crippen molar-refractivity contribution in [3.63, 3.8) is 0 Å². The van der Waals surface area contributed by atoms with Gasteiger partial charge in [-0.15, -0.1) is 0 Å². The first-order chi connectivity index (χ1) is 7.29. The summed E-state index contributed by atoms with van der Waals surface area (Å²) < 4.78 is 14.1. The SMILES string of the molecule is O=C1CCCCC1C(F)c1ccccc1. The van der Waals surface area contributed by atoms with Gasteiger partial charge in [0.25, 0.3) is 0 Å². The number of hydrogen-bond donors (Lipinski definition) is 0. The zero-order valence-electron chi connectivity index (χ0n) is 8.66. The second-order valence-electron chi connectivity index (χ2n) is 4.13. The molecule has 0 amide bonds. The standard InChI is InChI=1S/C13H15FO/c14-13(10-6-2-1-3-7-10)11-8-4-5-9-12(11)15/h1-3,6-7,11,13H,4-5,8-9H2. The van der Waals surface area contributed by atoms with Crippen LogP contribution in [0.25, 0.3) is 0 Å². The Kier molecular flexibility index (Phi) is 3.14. The van der Waals surface area contributed by atoms with E-state index in [-0.39, 0.29) is 5.78 Å². The zero-order chi connectivity index (χ0) is 10.7. The van der Waals surface area contributed by atoms with Crippen LogP contribution < -0.4 is 0 Å². The first-order valence-corrected chi connectivity index (χ1v) is 5.51. The van der Waals surface area contributed by atoms with Crippen LogP contribution in [-0.4, -0.2) is 5.78 Å².